The Labute approximate surface area is 196 Å². The number of pyridine rings is 1. The predicted molar refractivity (Wildman–Crippen MR) is 133 cm³/mol. The molecule has 1 aliphatic rings. The van der Waals surface area contributed by atoms with Crippen molar-refractivity contribution in [2.24, 2.45) is 0 Å². The van der Waals surface area contributed by atoms with Crippen molar-refractivity contribution in [3.8, 4) is 0 Å². The van der Waals surface area contributed by atoms with Gasteiger partial charge in [-0.2, -0.15) is 0 Å². The van der Waals surface area contributed by atoms with Crippen LogP contribution in [0.2, 0.25) is 0 Å². The van der Waals surface area contributed by atoms with Gasteiger partial charge in [0.1, 0.15) is 5.69 Å². The Morgan fingerprint density at radius 3 is 2.73 bits per heavy atom. The van der Waals surface area contributed by atoms with Gasteiger partial charge < -0.3 is 26.0 Å². The number of anilines is 2. The molecule has 0 radical (unpaired) electrons. The second-order valence-electron chi connectivity index (χ2n) is 8.20. The monoisotopic (exact) mass is 452 g/mol. The van der Waals surface area contributed by atoms with E-state index >= 15 is 0 Å². The normalized spacial score (nSPS) is 14.0. The van der Waals surface area contributed by atoms with E-state index in [2.05, 4.69) is 38.9 Å². The van der Waals surface area contributed by atoms with Crippen LogP contribution in [0.15, 0.2) is 55.0 Å². The summed E-state index contributed by atoms with van der Waals surface area (Å²) in [7, 11) is 0. The fraction of sp³-hybridized carbons (Fsp3) is 0.440. The molecule has 1 saturated heterocycles. The standard InChI is InChI=1S/C25H36N6O2/c1-3-11-27-20(2)31(13-6-12-30-14-16-33-17-15-30)19-21-9-10-24(28-18-21)25(32)29-23-8-5-4-7-22(23)26/h4-5,7-10,18,27H,2-3,6,11-17,19,26H2,1H3,(H,29,32). The van der Waals surface area contributed by atoms with E-state index in [-0.39, 0.29) is 5.91 Å². The molecule has 2 aromatic rings. The lowest BCUT2D eigenvalue weighted by atomic mass is 10.2. The van der Waals surface area contributed by atoms with Gasteiger partial charge in [0, 0.05) is 45.5 Å². The fourth-order valence-corrected chi connectivity index (χ4v) is 3.67. The molecule has 0 unspecified atom stereocenters. The molecule has 1 aromatic heterocycles. The number of carbonyl (C=O) groups excluding carboxylic acids is 1. The summed E-state index contributed by atoms with van der Waals surface area (Å²) in [6.45, 7) is 13.5. The van der Waals surface area contributed by atoms with E-state index in [9.17, 15) is 4.79 Å². The van der Waals surface area contributed by atoms with Crippen LogP contribution in [0.3, 0.4) is 0 Å². The van der Waals surface area contributed by atoms with Crippen molar-refractivity contribution < 1.29 is 9.53 Å². The Hall–Kier alpha value is -3.10. The SMILES string of the molecule is C=C(NCCC)N(CCCN1CCOCC1)Cc1ccc(C(=O)Nc2ccccc2N)nc1. The number of hydrogen-bond donors (Lipinski definition) is 3. The highest BCUT2D eigenvalue weighted by atomic mass is 16.5. The summed E-state index contributed by atoms with van der Waals surface area (Å²) in [4.78, 5) is 21.6. The van der Waals surface area contributed by atoms with Crippen molar-refractivity contribution in [2.75, 3.05) is 57.0 Å². The number of nitrogens with two attached hydrogens (primary N) is 1. The van der Waals surface area contributed by atoms with Gasteiger partial charge in [0.25, 0.3) is 5.91 Å². The van der Waals surface area contributed by atoms with Crippen LogP contribution in [-0.2, 0) is 11.3 Å². The zero-order valence-corrected chi connectivity index (χ0v) is 19.6. The first-order valence-corrected chi connectivity index (χ1v) is 11.7. The lowest BCUT2D eigenvalue weighted by molar-refractivity contribution is 0.0363. The van der Waals surface area contributed by atoms with Crippen LogP contribution in [-0.4, -0.2) is 66.6 Å². The number of amides is 1. The third kappa shape index (κ3) is 7.76. The third-order valence-electron chi connectivity index (χ3n) is 5.61. The van der Waals surface area contributed by atoms with E-state index in [1.54, 1.807) is 24.4 Å². The second kappa shape index (κ2) is 12.8. The first-order chi connectivity index (χ1) is 16.1. The van der Waals surface area contributed by atoms with E-state index in [1.807, 2.05) is 18.2 Å². The lowest BCUT2D eigenvalue weighted by Crippen LogP contribution is -2.38. The maximum absolute atomic E-state index is 12.5. The van der Waals surface area contributed by atoms with Crippen LogP contribution in [0.5, 0.6) is 0 Å². The molecular formula is C25H36N6O2. The average Bonchev–Trinajstić information content (AvgIpc) is 2.84. The Balaban J connectivity index is 1.57. The maximum Gasteiger partial charge on any atom is 0.274 e. The zero-order chi connectivity index (χ0) is 23.5. The highest BCUT2D eigenvalue weighted by Crippen LogP contribution is 2.18. The molecule has 8 heteroatoms. The number of benzene rings is 1. The van der Waals surface area contributed by atoms with Crippen molar-refractivity contribution in [1.82, 2.24) is 20.1 Å². The van der Waals surface area contributed by atoms with Gasteiger partial charge in [-0.1, -0.05) is 31.7 Å². The number of nitrogens with zero attached hydrogens (tertiary/aromatic N) is 3. The minimum atomic E-state index is -0.282. The summed E-state index contributed by atoms with van der Waals surface area (Å²) in [5.74, 6) is 0.635. The minimum Gasteiger partial charge on any atom is -0.397 e. The molecule has 4 N–H and O–H groups in total. The number of ether oxygens (including phenoxy) is 1. The van der Waals surface area contributed by atoms with Gasteiger partial charge in [-0.3, -0.25) is 14.7 Å². The van der Waals surface area contributed by atoms with Crippen LogP contribution in [0.4, 0.5) is 11.4 Å². The number of morpholine rings is 1. The Morgan fingerprint density at radius 1 is 1.24 bits per heavy atom. The Kier molecular flexibility index (Phi) is 9.53. The summed E-state index contributed by atoms with van der Waals surface area (Å²) < 4.78 is 5.44. The van der Waals surface area contributed by atoms with Crippen molar-refractivity contribution in [3.63, 3.8) is 0 Å². The number of nitrogens with one attached hydrogen (secondary N) is 2. The van der Waals surface area contributed by atoms with Gasteiger partial charge in [-0.25, -0.2) is 0 Å². The molecule has 1 aromatic carbocycles. The van der Waals surface area contributed by atoms with E-state index in [1.165, 1.54) is 0 Å². The number of aromatic nitrogens is 1. The largest absolute Gasteiger partial charge is 0.397 e. The molecule has 33 heavy (non-hydrogen) atoms. The van der Waals surface area contributed by atoms with E-state index in [0.717, 1.165) is 70.2 Å². The quantitative estimate of drug-likeness (QED) is 0.426. The molecule has 0 saturated carbocycles. The summed E-state index contributed by atoms with van der Waals surface area (Å²) in [5, 5.41) is 6.22. The van der Waals surface area contributed by atoms with Crippen LogP contribution < -0.4 is 16.4 Å². The smallest absolute Gasteiger partial charge is 0.274 e. The zero-order valence-electron chi connectivity index (χ0n) is 19.6. The lowest BCUT2D eigenvalue weighted by Gasteiger charge is -2.30. The van der Waals surface area contributed by atoms with Gasteiger partial charge in [-0.15, -0.1) is 0 Å². The van der Waals surface area contributed by atoms with Gasteiger partial charge in [0.2, 0.25) is 0 Å². The first kappa shape index (κ1) is 24.5. The molecule has 1 amide bonds. The molecule has 0 atom stereocenters. The number of para-hydroxylation sites is 2. The summed E-state index contributed by atoms with van der Waals surface area (Å²) in [6, 6.07) is 10.9. The Morgan fingerprint density at radius 2 is 2.03 bits per heavy atom. The summed E-state index contributed by atoms with van der Waals surface area (Å²) >= 11 is 0. The average molecular weight is 453 g/mol. The molecule has 8 nitrogen and oxygen atoms in total. The first-order valence-electron chi connectivity index (χ1n) is 11.7. The molecule has 0 spiro atoms. The molecule has 1 aliphatic heterocycles. The number of rotatable bonds is 12. The van der Waals surface area contributed by atoms with E-state index in [0.29, 0.717) is 23.6 Å². The van der Waals surface area contributed by atoms with Crippen LogP contribution in [0, 0.1) is 0 Å². The van der Waals surface area contributed by atoms with Crippen LogP contribution in [0.1, 0.15) is 35.8 Å². The van der Waals surface area contributed by atoms with Crippen molar-refractivity contribution in [3.05, 3.63) is 66.3 Å². The number of carbonyl (C=O) groups is 1. The predicted octanol–water partition coefficient (Wildman–Crippen LogP) is 2.91. The molecule has 3 rings (SSSR count). The van der Waals surface area contributed by atoms with Crippen LogP contribution in [0.25, 0.3) is 0 Å². The molecular weight excluding hydrogens is 416 g/mol. The van der Waals surface area contributed by atoms with E-state index in [4.69, 9.17) is 10.5 Å². The maximum atomic E-state index is 12.5. The molecule has 178 valence electrons. The topological polar surface area (TPSA) is 95.8 Å². The third-order valence-corrected chi connectivity index (χ3v) is 5.61. The highest BCUT2D eigenvalue weighted by molar-refractivity contribution is 6.04. The fourth-order valence-electron chi connectivity index (χ4n) is 3.67. The molecule has 0 aliphatic carbocycles. The molecule has 0 bridgehead atoms. The van der Waals surface area contributed by atoms with Gasteiger partial charge >= 0.3 is 0 Å². The summed E-state index contributed by atoms with van der Waals surface area (Å²) in [6.07, 6.45) is 3.84. The van der Waals surface area contributed by atoms with Crippen molar-refractivity contribution >= 4 is 17.3 Å². The van der Waals surface area contributed by atoms with Crippen molar-refractivity contribution in [1.29, 1.82) is 0 Å². The molecule has 2 heterocycles. The van der Waals surface area contributed by atoms with Crippen molar-refractivity contribution in [2.45, 2.75) is 26.3 Å². The van der Waals surface area contributed by atoms with Gasteiger partial charge in [0.15, 0.2) is 0 Å². The number of hydrogen-bond acceptors (Lipinski definition) is 7. The van der Waals surface area contributed by atoms with E-state index < -0.39 is 0 Å². The second-order valence-corrected chi connectivity index (χ2v) is 8.20. The number of nitrogen functional groups attached to an aromatic ring is 1. The minimum absolute atomic E-state index is 0.282. The van der Waals surface area contributed by atoms with Gasteiger partial charge in [-0.05, 0) is 36.6 Å². The molecule has 1 fully saturated rings. The Bertz CT molecular complexity index is 896. The van der Waals surface area contributed by atoms with Gasteiger partial charge in [0.05, 0.1) is 30.4 Å². The van der Waals surface area contributed by atoms with Crippen LogP contribution >= 0.6 is 0 Å². The summed E-state index contributed by atoms with van der Waals surface area (Å²) in [5.41, 5.74) is 8.39. The highest BCUT2D eigenvalue weighted by Gasteiger charge is 2.14.